The predicted octanol–water partition coefficient (Wildman–Crippen LogP) is 3.37. The fourth-order valence-corrected chi connectivity index (χ4v) is 4.10. The first-order valence-corrected chi connectivity index (χ1v) is 9.71. The van der Waals surface area contributed by atoms with Crippen LogP contribution in [0.4, 0.5) is 0 Å². The maximum atomic E-state index is 12.3. The third-order valence-electron chi connectivity index (χ3n) is 4.66. The van der Waals surface area contributed by atoms with Gasteiger partial charge in [0.15, 0.2) is 6.61 Å². The standard InChI is InChI=1S/C19H23N3O3S/c1-12-7-3-4-8-14(12)22-16(23)11-25-19(24)17-13(2)21-18(26-17)15-9-5-6-10-20-15/h5-6,9-10,12,14H,3-4,7-8,11H2,1-2H3,(H,22,23). The minimum absolute atomic E-state index is 0.177. The van der Waals surface area contributed by atoms with Gasteiger partial charge in [0.1, 0.15) is 9.88 Å². The molecule has 0 radical (unpaired) electrons. The van der Waals surface area contributed by atoms with Crippen molar-refractivity contribution in [2.75, 3.05) is 6.61 Å². The summed E-state index contributed by atoms with van der Waals surface area (Å²) in [4.78, 5) is 33.4. The largest absolute Gasteiger partial charge is 0.451 e. The van der Waals surface area contributed by atoms with Crippen molar-refractivity contribution in [3.8, 4) is 10.7 Å². The Bertz CT molecular complexity index is 776. The fourth-order valence-electron chi connectivity index (χ4n) is 3.16. The van der Waals surface area contributed by atoms with Gasteiger partial charge in [-0.05, 0) is 37.8 Å². The minimum atomic E-state index is -0.519. The van der Waals surface area contributed by atoms with Crippen LogP contribution in [0.3, 0.4) is 0 Å². The highest BCUT2D eigenvalue weighted by Gasteiger charge is 2.24. The first-order chi connectivity index (χ1) is 12.5. The Morgan fingerprint density at radius 3 is 2.85 bits per heavy atom. The lowest BCUT2D eigenvalue weighted by atomic mass is 9.86. The van der Waals surface area contributed by atoms with Gasteiger partial charge in [-0.1, -0.05) is 25.8 Å². The van der Waals surface area contributed by atoms with Gasteiger partial charge in [-0.2, -0.15) is 0 Å². The number of esters is 1. The van der Waals surface area contributed by atoms with Gasteiger partial charge in [0.2, 0.25) is 0 Å². The molecule has 2 unspecified atom stereocenters. The number of thiazole rings is 1. The molecule has 26 heavy (non-hydrogen) atoms. The molecule has 2 aromatic rings. The number of aromatic nitrogens is 2. The smallest absolute Gasteiger partial charge is 0.350 e. The van der Waals surface area contributed by atoms with Crippen LogP contribution in [-0.2, 0) is 9.53 Å². The summed E-state index contributed by atoms with van der Waals surface area (Å²) in [5.41, 5.74) is 1.30. The molecule has 1 aliphatic rings. The van der Waals surface area contributed by atoms with E-state index in [1.165, 1.54) is 17.8 Å². The number of aryl methyl sites for hydroxylation is 1. The monoisotopic (exact) mass is 373 g/mol. The molecule has 7 heteroatoms. The predicted molar refractivity (Wildman–Crippen MR) is 99.9 cm³/mol. The van der Waals surface area contributed by atoms with Crippen molar-refractivity contribution in [2.45, 2.75) is 45.6 Å². The van der Waals surface area contributed by atoms with Crippen LogP contribution < -0.4 is 5.32 Å². The summed E-state index contributed by atoms with van der Waals surface area (Å²) in [6.45, 7) is 3.64. The topological polar surface area (TPSA) is 81.2 Å². The molecule has 6 nitrogen and oxygen atoms in total. The molecule has 0 aliphatic heterocycles. The van der Waals surface area contributed by atoms with Gasteiger partial charge < -0.3 is 10.1 Å². The second-order valence-electron chi connectivity index (χ2n) is 6.66. The molecule has 138 valence electrons. The Kier molecular flexibility index (Phi) is 5.98. The minimum Gasteiger partial charge on any atom is -0.451 e. The van der Waals surface area contributed by atoms with Crippen LogP contribution in [0.1, 0.15) is 48.0 Å². The van der Waals surface area contributed by atoms with Crippen molar-refractivity contribution in [3.63, 3.8) is 0 Å². The number of ether oxygens (including phenoxy) is 1. The molecule has 0 aromatic carbocycles. The maximum absolute atomic E-state index is 12.3. The van der Waals surface area contributed by atoms with Gasteiger partial charge in [0.25, 0.3) is 5.91 Å². The molecule has 0 bridgehead atoms. The number of amides is 1. The SMILES string of the molecule is Cc1nc(-c2ccccn2)sc1C(=O)OCC(=O)NC1CCCCC1C. The van der Waals surface area contributed by atoms with Gasteiger partial charge in [-0.25, -0.2) is 9.78 Å². The Morgan fingerprint density at radius 2 is 2.12 bits per heavy atom. The first-order valence-electron chi connectivity index (χ1n) is 8.90. The number of nitrogens with one attached hydrogen (secondary N) is 1. The summed E-state index contributed by atoms with van der Waals surface area (Å²) in [5.74, 6) is -0.300. The summed E-state index contributed by atoms with van der Waals surface area (Å²) in [5, 5.41) is 3.65. The van der Waals surface area contributed by atoms with Gasteiger partial charge in [-0.3, -0.25) is 9.78 Å². The third-order valence-corrected chi connectivity index (χ3v) is 5.82. The number of pyridine rings is 1. The van der Waals surface area contributed by atoms with Crippen molar-refractivity contribution in [3.05, 3.63) is 35.0 Å². The summed E-state index contributed by atoms with van der Waals surface area (Å²) >= 11 is 1.23. The molecule has 0 spiro atoms. The van der Waals surface area contributed by atoms with Crippen LogP contribution in [0.5, 0.6) is 0 Å². The van der Waals surface area contributed by atoms with E-state index >= 15 is 0 Å². The molecule has 3 rings (SSSR count). The van der Waals surface area contributed by atoms with E-state index in [2.05, 4.69) is 22.2 Å². The molecule has 2 aromatic heterocycles. The summed E-state index contributed by atoms with van der Waals surface area (Å²) in [7, 11) is 0. The Morgan fingerprint density at radius 1 is 1.31 bits per heavy atom. The number of rotatable bonds is 5. The highest BCUT2D eigenvalue weighted by atomic mass is 32.1. The van der Waals surface area contributed by atoms with Gasteiger partial charge in [0, 0.05) is 12.2 Å². The Labute approximate surface area is 157 Å². The van der Waals surface area contributed by atoms with Crippen molar-refractivity contribution < 1.29 is 14.3 Å². The van der Waals surface area contributed by atoms with Gasteiger partial charge in [0.05, 0.1) is 11.4 Å². The first kappa shape index (κ1) is 18.5. The number of hydrogen-bond donors (Lipinski definition) is 1. The zero-order chi connectivity index (χ0) is 18.5. The van der Waals surface area contributed by atoms with E-state index in [4.69, 9.17) is 4.74 Å². The average molecular weight is 373 g/mol. The molecule has 1 aliphatic carbocycles. The lowest BCUT2D eigenvalue weighted by Gasteiger charge is -2.29. The highest BCUT2D eigenvalue weighted by molar-refractivity contribution is 7.17. The zero-order valence-corrected chi connectivity index (χ0v) is 15.8. The van der Waals surface area contributed by atoms with E-state index in [1.54, 1.807) is 13.1 Å². The van der Waals surface area contributed by atoms with Crippen molar-refractivity contribution >= 4 is 23.2 Å². The maximum Gasteiger partial charge on any atom is 0.350 e. The average Bonchev–Trinajstić information content (AvgIpc) is 3.04. The molecular weight excluding hydrogens is 350 g/mol. The van der Waals surface area contributed by atoms with Crippen LogP contribution in [-0.4, -0.2) is 34.5 Å². The second kappa shape index (κ2) is 8.40. The van der Waals surface area contributed by atoms with Crippen LogP contribution in [0.25, 0.3) is 10.7 Å². The molecule has 0 saturated heterocycles. The van der Waals surface area contributed by atoms with Crippen LogP contribution in [0.2, 0.25) is 0 Å². The lowest BCUT2D eigenvalue weighted by Crippen LogP contribution is -2.42. The summed E-state index contributed by atoms with van der Waals surface area (Å²) in [6.07, 6.45) is 6.14. The van der Waals surface area contributed by atoms with E-state index in [0.717, 1.165) is 19.3 Å². The van der Waals surface area contributed by atoms with Gasteiger partial charge in [-0.15, -0.1) is 11.3 Å². The number of carbonyl (C=O) groups excluding carboxylic acids is 2. The second-order valence-corrected chi connectivity index (χ2v) is 7.66. The van der Waals surface area contributed by atoms with E-state index in [1.807, 2.05) is 18.2 Å². The molecule has 2 heterocycles. The normalized spacial score (nSPS) is 19.8. The van der Waals surface area contributed by atoms with Crippen molar-refractivity contribution in [2.24, 2.45) is 5.92 Å². The summed E-state index contributed by atoms with van der Waals surface area (Å²) < 4.78 is 5.20. The molecule has 2 atom stereocenters. The number of hydrogen-bond acceptors (Lipinski definition) is 6. The zero-order valence-electron chi connectivity index (χ0n) is 15.0. The molecule has 1 saturated carbocycles. The lowest BCUT2D eigenvalue weighted by molar-refractivity contribution is -0.125. The van der Waals surface area contributed by atoms with E-state index < -0.39 is 5.97 Å². The van der Waals surface area contributed by atoms with Crippen LogP contribution >= 0.6 is 11.3 Å². The summed E-state index contributed by atoms with van der Waals surface area (Å²) in [6, 6.07) is 5.71. The fraction of sp³-hybridized carbons (Fsp3) is 0.474. The number of carbonyl (C=O) groups is 2. The highest BCUT2D eigenvalue weighted by Crippen LogP contribution is 2.27. The molecule has 1 amide bonds. The van der Waals surface area contributed by atoms with Crippen molar-refractivity contribution in [1.82, 2.24) is 15.3 Å². The Balaban J connectivity index is 1.56. The number of nitrogens with zero attached hydrogens (tertiary/aromatic N) is 2. The van der Waals surface area contributed by atoms with E-state index in [-0.39, 0.29) is 18.6 Å². The Hall–Kier alpha value is -2.28. The van der Waals surface area contributed by atoms with Crippen LogP contribution in [0.15, 0.2) is 24.4 Å². The van der Waals surface area contributed by atoms with Crippen molar-refractivity contribution in [1.29, 1.82) is 0 Å². The molecular formula is C19H23N3O3S. The van der Waals surface area contributed by atoms with Gasteiger partial charge >= 0.3 is 5.97 Å². The van der Waals surface area contributed by atoms with E-state index in [9.17, 15) is 9.59 Å². The molecule has 1 fully saturated rings. The van der Waals surface area contributed by atoms with E-state index in [0.29, 0.717) is 27.2 Å². The molecule has 1 N–H and O–H groups in total. The van der Waals surface area contributed by atoms with Crippen LogP contribution in [0, 0.1) is 12.8 Å². The quantitative estimate of drug-likeness (QED) is 0.813. The third kappa shape index (κ3) is 4.46.